The van der Waals surface area contributed by atoms with Crippen molar-refractivity contribution in [3.05, 3.63) is 51.5 Å². The Morgan fingerprint density at radius 2 is 2.07 bits per heavy atom. The molecule has 0 bridgehead atoms. The third-order valence-electron chi connectivity index (χ3n) is 2.95. The van der Waals surface area contributed by atoms with Gasteiger partial charge in [0.2, 0.25) is 0 Å². The van der Waals surface area contributed by atoms with Crippen LogP contribution in [-0.4, -0.2) is 0 Å². The van der Waals surface area contributed by atoms with Gasteiger partial charge in [-0.3, -0.25) is 0 Å². The van der Waals surface area contributed by atoms with Crippen LogP contribution in [0.3, 0.4) is 0 Å². The predicted octanol–water partition coefficient (Wildman–Crippen LogP) is 2.78. The molecule has 0 aromatic carbocycles. The zero-order chi connectivity index (χ0) is 10.8. The largest absolute Gasteiger partial charge is 0.205 e. The average molecular weight is 218 g/mol. The van der Waals surface area contributed by atoms with Crippen LogP contribution in [-0.2, 0) is 13.5 Å². The van der Waals surface area contributed by atoms with Gasteiger partial charge in [0.25, 0.3) is 0 Å². The molecule has 0 fully saturated rings. The lowest BCUT2D eigenvalue weighted by Crippen LogP contribution is -2.34. The SMILES string of the molecule is Cc1cc[n+](C)c(Cc2ccsc2)c1C. The molecular weight excluding hydrogens is 202 g/mol. The lowest BCUT2D eigenvalue weighted by atomic mass is 10.0. The van der Waals surface area contributed by atoms with Gasteiger partial charge in [-0.15, -0.1) is 0 Å². The molecule has 78 valence electrons. The molecule has 0 saturated heterocycles. The molecule has 2 heteroatoms. The molecule has 0 aliphatic heterocycles. The summed E-state index contributed by atoms with van der Waals surface area (Å²) in [7, 11) is 2.12. The summed E-state index contributed by atoms with van der Waals surface area (Å²) in [4.78, 5) is 0. The van der Waals surface area contributed by atoms with Crippen molar-refractivity contribution in [1.82, 2.24) is 0 Å². The number of thiophene rings is 1. The van der Waals surface area contributed by atoms with E-state index in [1.807, 2.05) is 0 Å². The molecule has 0 radical (unpaired) electrons. The van der Waals surface area contributed by atoms with E-state index in [4.69, 9.17) is 0 Å². The molecule has 0 unspecified atom stereocenters. The Bertz CT molecular complexity index is 458. The maximum absolute atomic E-state index is 2.22. The minimum atomic E-state index is 1.04. The molecule has 0 aliphatic rings. The fourth-order valence-electron chi connectivity index (χ4n) is 1.77. The van der Waals surface area contributed by atoms with Gasteiger partial charge in [0.15, 0.2) is 11.9 Å². The van der Waals surface area contributed by atoms with Crippen molar-refractivity contribution in [2.75, 3.05) is 0 Å². The Kier molecular flexibility index (Phi) is 2.87. The van der Waals surface area contributed by atoms with Crippen LogP contribution in [0.4, 0.5) is 0 Å². The monoisotopic (exact) mass is 218 g/mol. The van der Waals surface area contributed by atoms with Gasteiger partial charge in [-0.2, -0.15) is 11.3 Å². The summed E-state index contributed by atoms with van der Waals surface area (Å²) in [6.07, 6.45) is 3.18. The van der Waals surface area contributed by atoms with Crippen molar-refractivity contribution in [3.8, 4) is 0 Å². The molecule has 0 atom stereocenters. The summed E-state index contributed by atoms with van der Waals surface area (Å²) in [6.45, 7) is 4.38. The van der Waals surface area contributed by atoms with E-state index in [1.54, 1.807) is 11.3 Å². The summed E-state index contributed by atoms with van der Waals surface area (Å²) in [5.74, 6) is 0. The smallest absolute Gasteiger partial charge is 0.188 e. The van der Waals surface area contributed by atoms with Crippen molar-refractivity contribution in [2.24, 2.45) is 7.05 Å². The molecule has 0 N–H and O–H groups in total. The van der Waals surface area contributed by atoms with Crippen molar-refractivity contribution in [1.29, 1.82) is 0 Å². The highest BCUT2D eigenvalue weighted by molar-refractivity contribution is 7.07. The maximum atomic E-state index is 2.22. The summed E-state index contributed by atoms with van der Waals surface area (Å²) < 4.78 is 2.22. The van der Waals surface area contributed by atoms with Crippen molar-refractivity contribution >= 4 is 11.3 Å². The van der Waals surface area contributed by atoms with Crippen LogP contribution in [0.1, 0.15) is 22.4 Å². The van der Waals surface area contributed by atoms with Gasteiger partial charge >= 0.3 is 0 Å². The molecule has 2 aromatic heterocycles. The molecule has 2 rings (SSSR count). The highest BCUT2D eigenvalue weighted by Gasteiger charge is 2.12. The van der Waals surface area contributed by atoms with E-state index in [-0.39, 0.29) is 0 Å². The lowest BCUT2D eigenvalue weighted by molar-refractivity contribution is -0.679. The number of nitrogens with zero attached hydrogens (tertiary/aromatic N) is 1. The van der Waals surface area contributed by atoms with E-state index in [2.05, 4.69) is 54.6 Å². The first kappa shape index (κ1) is 10.4. The Morgan fingerprint density at radius 1 is 1.27 bits per heavy atom. The number of aryl methyl sites for hydroxylation is 2. The summed E-state index contributed by atoms with van der Waals surface area (Å²) in [5, 5.41) is 4.36. The quantitative estimate of drug-likeness (QED) is 0.682. The maximum Gasteiger partial charge on any atom is 0.188 e. The number of hydrogen-bond donors (Lipinski definition) is 0. The van der Waals surface area contributed by atoms with E-state index in [9.17, 15) is 0 Å². The molecule has 0 aliphatic carbocycles. The number of hydrogen-bond acceptors (Lipinski definition) is 1. The number of aromatic nitrogens is 1. The van der Waals surface area contributed by atoms with Crippen molar-refractivity contribution in [3.63, 3.8) is 0 Å². The van der Waals surface area contributed by atoms with Gasteiger partial charge in [0.05, 0.1) is 6.42 Å². The van der Waals surface area contributed by atoms with Gasteiger partial charge in [-0.25, -0.2) is 4.57 Å². The van der Waals surface area contributed by atoms with Crippen LogP contribution in [0.2, 0.25) is 0 Å². The van der Waals surface area contributed by atoms with Crippen molar-refractivity contribution < 1.29 is 4.57 Å². The fraction of sp³-hybridized carbons (Fsp3) is 0.308. The second-order valence-corrected chi connectivity index (χ2v) is 4.77. The highest BCUT2D eigenvalue weighted by atomic mass is 32.1. The molecule has 0 amide bonds. The first-order valence-electron chi connectivity index (χ1n) is 5.14. The van der Waals surface area contributed by atoms with Crippen molar-refractivity contribution in [2.45, 2.75) is 20.3 Å². The Morgan fingerprint density at radius 3 is 2.73 bits per heavy atom. The molecule has 2 heterocycles. The van der Waals surface area contributed by atoms with Gasteiger partial charge in [0, 0.05) is 11.6 Å². The Hall–Kier alpha value is -1.15. The number of rotatable bonds is 2. The lowest BCUT2D eigenvalue weighted by Gasteiger charge is -2.05. The van der Waals surface area contributed by atoms with E-state index in [1.165, 1.54) is 22.4 Å². The molecule has 0 saturated carbocycles. The minimum Gasteiger partial charge on any atom is -0.205 e. The highest BCUT2D eigenvalue weighted by Crippen LogP contribution is 2.15. The predicted molar refractivity (Wildman–Crippen MR) is 64.2 cm³/mol. The zero-order valence-corrected chi connectivity index (χ0v) is 10.3. The zero-order valence-electron chi connectivity index (χ0n) is 9.45. The third kappa shape index (κ3) is 2.10. The molecular formula is C13H16NS+. The fourth-order valence-corrected chi connectivity index (χ4v) is 2.44. The van der Waals surface area contributed by atoms with Crippen LogP contribution >= 0.6 is 11.3 Å². The van der Waals surface area contributed by atoms with Crippen LogP contribution in [0.15, 0.2) is 29.1 Å². The molecule has 1 nitrogen and oxygen atoms in total. The molecule has 2 aromatic rings. The van der Waals surface area contributed by atoms with Gasteiger partial charge in [0.1, 0.15) is 7.05 Å². The standard InChI is InChI=1S/C13H16NS/c1-10-4-6-14(3)13(11(10)2)8-12-5-7-15-9-12/h4-7,9H,8H2,1-3H3/q+1. The first-order chi connectivity index (χ1) is 7.18. The Labute approximate surface area is 95.0 Å². The minimum absolute atomic E-state index is 1.04. The summed E-state index contributed by atoms with van der Waals surface area (Å²) >= 11 is 1.77. The molecule has 15 heavy (non-hydrogen) atoms. The van der Waals surface area contributed by atoms with E-state index in [0.29, 0.717) is 0 Å². The normalized spacial score (nSPS) is 10.6. The van der Waals surface area contributed by atoms with Crippen LogP contribution in [0.5, 0.6) is 0 Å². The van der Waals surface area contributed by atoms with Gasteiger partial charge < -0.3 is 0 Å². The topological polar surface area (TPSA) is 3.88 Å². The third-order valence-corrected chi connectivity index (χ3v) is 3.68. The summed E-state index contributed by atoms with van der Waals surface area (Å²) in [6, 6.07) is 4.37. The van der Waals surface area contributed by atoms with Crippen LogP contribution in [0.25, 0.3) is 0 Å². The van der Waals surface area contributed by atoms with Gasteiger partial charge in [-0.1, -0.05) is 0 Å². The van der Waals surface area contributed by atoms with Crippen LogP contribution in [0, 0.1) is 13.8 Å². The molecule has 0 spiro atoms. The number of pyridine rings is 1. The van der Waals surface area contributed by atoms with Gasteiger partial charge in [-0.05, 0) is 41.8 Å². The van der Waals surface area contributed by atoms with Crippen LogP contribution < -0.4 is 4.57 Å². The van der Waals surface area contributed by atoms with E-state index >= 15 is 0 Å². The first-order valence-corrected chi connectivity index (χ1v) is 6.08. The second-order valence-electron chi connectivity index (χ2n) is 3.99. The Balaban J connectivity index is 2.39. The second kappa shape index (κ2) is 4.15. The van der Waals surface area contributed by atoms with E-state index < -0.39 is 0 Å². The average Bonchev–Trinajstić information content (AvgIpc) is 2.71. The van der Waals surface area contributed by atoms with E-state index in [0.717, 1.165) is 6.42 Å². The summed E-state index contributed by atoms with van der Waals surface area (Å²) in [5.41, 5.74) is 5.60.